The molecule has 1 N–H and O–H groups in total. The molecular weight excluding hydrogens is 480 g/mol. The number of non-ortho nitro benzene ring substituents is 1. The van der Waals surface area contributed by atoms with Crippen LogP contribution < -0.4 is 10.1 Å². The van der Waals surface area contributed by atoms with Crippen LogP contribution >= 0.6 is 0 Å². The summed E-state index contributed by atoms with van der Waals surface area (Å²) in [5, 5.41) is 19.7. The topological polar surface area (TPSA) is 133 Å². The number of benzene rings is 2. The van der Waals surface area contributed by atoms with E-state index in [-0.39, 0.29) is 12.1 Å². The number of nitro groups is 1. The van der Waals surface area contributed by atoms with Crippen LogP contribution in [0.5, 0.6) is 5.75 Å². The van der Waals surface area contributed by atoms with Gasteiger partial charge in [0.2, 0.25) is 0 Å². The molecule has 1 unspecified atom stereocenters. The second kappa shape index (κ2) is 10.1. The fourth-order valence-electron chi connectivity index (χ4n) is 3.73. The van der Waals surface area contributed by atoms with E-state index in [9.17, 15) is 19.7 Å². The molecule has 0 fully saturated rings. The van der Waals surface area contributed by atoms with Gasteiger partial charge in [-0.25, -0.2) is 9.59 Å². The second-order valence-corrected chi connectivity index (χ2v) is 10.5. The van der Waals surface area contributed by atoms with Crippen LogP contribution in [0.15, 0.2) is 53.6 Å². The zero-order chi connectivity index (χ0) is 27.6. The summed E-state index contributed by atoms with van der Waals surface area (Å²) in [6.07, 6.45) is -1.58. The standard InChI is InChI=1S/C26H32N4O7/c1-24(2,3)36-22(31)27-26(18-10-12-19(13-11-18)30(33)34)16-21(17-8-14-20(35-7)15-9-17)28-29(26)23(32)37-25(4,5)6/h8-15H,16H2,1-7H3,(H,27,31). The summed E-state index contributed by atoms with van der Waals surface area (Å²) in [4.78, 5) is 37.2. The molecule has 11 nitrogen and oxygen atoms in total. The maximum absolute atomic E-state index is 13.4. The molecule has 0 saturated heterocycles. The Morgan fingerprint density at radius 2 is 1.54 bits per heavy atom. The van der Waals surface area contributed by atoms with E-state index in [2.05, 4.69) is 10.4 Å². The number of ether oxygens (including phenoxy) is 3. The molecule has 1 heterocycles. The van der Waals surface area contributed by atoms with Crippen LogP contribution in [0.1, 0.15) is 59.1 Å². The van der Waals surface area contributed by atoms with Crippen LogP contribution in [0, 0.1) is 10.1 Å². The minimum Gasteiger partial charge on any atom is -0.497 e. The summed E-state index contributed by atoms with van der Waals surface area (Å²) in [6.45, 7) is 10.3. The Morgan fingerprint density at radius 1 is 0.973 bits per heavy atom. The quantitative estimate of drug-likeness (QED) is 0.423. The predicted molar refractivity (Wildman–Crippen MR) is 136 cm³/mol. The van der Waals surface area contributed by atoms with Gasteiger partial charge in [0.1, 0.15) is 17.0 Å². The van der Waals surface area contributed by atoms with Gasteiger partial charge < -0.3 is 14.2 Å². The van der Waals surface area contributed by atoms with Gasteiger partial charge in [-0.3, -0.25) is 15.4 Å². The van der Waals surface area contributed by atoms with E-state index in [1.807, 2.05) is 0 Å². The number of hydrazone groups is 1. The van der Waals surface area contributed by atoms with E-state index in [0.29, 0.717) is 22.6 Å². The molecule has 2 aromatic rings. The number of amides is 2. The number of hydrogen-bond acceptors (Lipinski definition) is 8. The van der Waals surface area contributed by atoms with Gasteiger partial charge in [0.05, 0.1) is 17.7 Å². The van der Waals surface area contributed by atoms with E-state index >= 15 is 0 Å². The summed E-state index contributed by atoms with van der Waals surface area (Å²) < 4.78 is 16.4. The van der Waals surface area contributed by atoms with Gasteiger partial charge in [0, 0.05) is 24.1 Å². The van der Waals surface area contributed by atoms with Crippen molar-refractivity contribution in [1.82, 2.24) is 10.3 Å². The third-order valence-electron chi connectivity index (χ3n) is 5.26. The first-order chi connectivity index (χ1) is 17.1. The molecule has 0 aromatic heterocycles. The number of alkyl carbamates (subject to hydrolysis) is 1. The molecule has 0 radical (unpaired) electrons. The molecule has 0 bridgehead atoms. The van der Waals surface area contributed by atoms with Crippen molar-refractivity contribution in [1.29, 1.82) is 0 Å². The zero-order valence-electron chi connectivity index (χ0n) is 22.0. The van der Waals surface area contributed by atoms with Gasteiger partial charge >= 0.3 is 12.2 Å². The molecule has 1 aliphatic rings. The number of carbonyl (C=O) groups excluding carboxylic acids is 2. The lowest BCUT2D eigenvalue weighted by molar-refractivity contribution is -0.384. The van der Waals surface area contributed by atoms with Crippen LogP contribution in [-0.2, 0) is 15.1 Å². The SMILES string of the molecule is COc1ccc(C2=NN(C(=O)OC(C)(C)C)C(NC(=O)OC(C)(C)C)(c3ccc([N+](=O)[O-])cc3)C2)cc1. The van der Waals surface area contributed by atoms with Gasteiger partial charge in [-0.2, -0.15) is 10.1 Å². The van der Waals surface area contributed by atoms with Crippen molar-refractivity contribution in [2.75, 3.05) is 7.11 Å². The molecule has 2 aromatic carbocycles. The molecule has 198 valence electrons. The Balaban J connectivity index is 2.16. The Labute approximate surface area is 215 Å². The molecule has 0 aliphatic carbocycles. The predicted octanol–water partition coefficient (Wildman–Crippen LogP) is 5.33. The summed E-state index contributed by atoms with van der Waals surface area (Å²) in [5.74, 6) is 0.639. The van der Waals surface area contributed by atoms with E-state index in [4.69, 9.17) is 14.2 Å². The normalized spacial score (nSPS) is 17.6. The minimum atomic E-state index is -1.59. The number of rotatable bonds is 5. The van der Waals surface area contributed by atoms with Crippen molar-refractivity contribution in [3.63, 3.8) is 0 Å². The number of hydrogen-bond donors (Lipinski definition) is 1. The zero-order valence-corrected chi connectivity index (χ0v) is 22.0. The lowest BCUT2D eigenvalue weighted by Gasteiger charge is -2.38. The third kappa shape index (κ3) is 6.54. The van der Waals surface area contributed by atoms with Gasteiger partial charge in [-0.05, 0) is 83.5 Å². The highest BCUT2D eigenvalue weighted by Crippen LogP contribution is 2.39. The van der Waals surface area contributed by atoms with E-state index < -0.39 is 34.0 Å². The lowest BCUT2D eigenvalue weighted by atomic mass is 9.91. The van der Waals surface area contributed by atoms with E-state index in [1.54, 1.807) is 72.9 Å². The number of nitrogens with one attached hydrogen (secondary N) is 1. The average Bonchev–Trinajstić information content (AvgIpc) is 3.17. The smallest absolute Gasteiger partial charge is 0.433 e. The molecule has 1 atom stereocenters. The number of nitro benzene ring substituents is 1. The fourth-order valence-corrected chi connectivity index (χ4v) is 3.73. The maximum Gasteiger partial charge on any atom is 0.433 e. The highest BCUT2D eigenvalue weighted by Gasteiger charge is 2.51. The Kier molecular flexibility index (Phi) is 7.47. The molecule has 0 spiro atoms. The van der Waals surface area contributed by atoms with Crippen molar-refractivity contribution < 1.29 is 28.7 Å². The van der Waals surface area contributed by atoms with Crippen molar-refractivity contribution in [2.45, 2.75) is 64.8 Å². The Hall–Kier alpha value is -4.15. The van der Waals surface area contributed by atoms with Crippen molar-refractivity contribution in [3.05, 3.63) is 69.8 Å². The molecular formula is C26H32N4O7. The van der Waals surface area contributed by atoms with Crippen LogP contribution in [0.2, 0.25) is 0 Å². The van der Waals surface area contributed by atoms with Gasteiger partial charge in [0.15, 0.2) is 5.66 Å². The summed E-state index contributed by atoms with van der Waals surface area (Å²) in [7, 11) is 1.55. The number of carbonyl (C=O) groups is 2. The average molecular weight is 513 g/mol. The Morgan fingerprint density at radius 3 is 2.03 bits per heavy atom. The first kappa shape index (κ1) is 27.4. The maximum atomic E-state index is 13.4. The second-order valence-electron chi connectivity index (χ2n) is 10.5. The first-order valence-electron chi connectivity index (χ1n) is 11.6. The van der Waals surface area contributed by atoms with Crippen molar-refractivity contribution in [2.24, 2.45) is 5.10 Å². The summed E-state index contributed by atoms with van der Waals surface area (Å²) in [5.41, 5.74) is -1.88. The highest BCUT2D eigenvalue weighted by molar-refractivity contribution is 6.03. The largest absolute Gasteiger partial charge is 0.497 e. The number of methoxy groups -OCH3 is 1. The van der Waals surface area contributed by atoms with Crippen LogP contribution in [0.25, 0.3) is 0 Å². The number of nitrogens with zero attached hydrogens (tertiary/aromatic N) is 3. The van der Waals surface area contributed by atoms with Crippen molar-refractivity contribution in [3.8, 4) is 5.75 Å². The van der Waals surface area contributed by atoms with Crippen LogP contribution in [-0.4, -0.2) is 46.1 Å². The Bertz CT molecular complexity index is 1200. The van der Waals surface area contributed by atoms with Crippen molar-refractivity contribution >= 4 is 23.6 Å². The molecule has 37 heavy (non-hydrogen) atoms. The molecule has 0 saturated carbocycles. The third-order valence-corrected chi connectivity index (χ3v) is 5.26. The van der Waals surface area contributed by atoms with E-state index in [1.165, 1.54) is 24.3 Å². The van der Waals surface area contributed by atoms with E-state index in [0.717, 1.165) is 5.01 Å². The summed E-state index contributed by atoms with van der Waals surface area (Å²) >= 11 is 0. The first-order valence-corrected chi connectivity index (χ1v) is 11.6. The minimum absolute atomic E-state index is 0.0373. The van der Waals surface area contributed by atoms with Gasteiger partial charge in [-0.15, -0.1) is 0 Å². The van der Waals surface area contributed by atoms with Crippen LogP contribution in [0.4, 0.5) is 15.3 Å². The highest BCUT2D eigenvalue weighted by atomic mass is 16.6. The monoisotopic (exact) mass is 512 g/mol. The molecule has 2 amide bonds. The molecule has 11 heteroatoms. The summed E-state index contributed by atoms with van der Waals surface area (Å²) in [6, 6.07) is 12.6. The van der Waals surface area contributed by atoms with Gasteiger partial charge in [0.25, 0.3) is 5.69 Å². The lowest BCUT2D eigenvalue weighted by Crippen LogP contribution is -2.57. The molecule has 3 rings (SSSR count). The van der Waals surface area contributed by atoms with Crippen LogP contribution in [0.3, 0.4) is 0 Å². The van der Waals surface area contributed by atoms with Gasteiger partial charge in [-0.1, -0.05) is 0 Å². The fraction of sp³-hybridized carbons (Fsp3) is 0.423. The molecule has 1 aliphatic heterocycles.